The Morgan fingerprint density at radius 1 is 1.32 bits per heavy atom. The Kier molecular flexibility index (Phi) is 9.65. The fraction of sp³-hybridized carbons (Fsp3) is 0.538. The second-order valence-electron chi connectivity index (χ2n) is 9.00. The van der Waals surface area contributed by atoms with Crippen LogP contribution in [0.5, 0.6) is 5.75 Å². The van der Waals surface area contributed by atoms with E-state index in [1.54, 1.807) is 16.2 Å². The largest absolute Gasteiger partial charge is 0.491 e. The molecule has 2 heterocycles. The Hall–Kier alpha value is -2.25. The van der Waals surface area contributed by atoms with E-state index >= 15 is 0 Å². The number of amides is 3. The molecule has 6 nitrogen and oxygen atoms in total. The summed E-state index contributed by atoms with van der Waals surface area (Å²) in [7, 11) is 0. The Balaban J connectivity index is 1.76. The van der Waals surface area contributed by atoms with Crippen LogP contribution in [0.2, 0.25) is 5.02 Å². The minimum Gasteiger partial charge on any atom is -0.491 e. The molecule has 8 heteroatoms. The van der Waals surface area contributed by atoms with E-state index in [2.05, 4.69) is 30.6 Å². The van der Waals surface area contributed by atoms with Crippen molar-refractivity contribution in [2.75, 3.05) is 32.8 Å². The molecule has 1 aromatic carbocycles. The van der Waals surface area contributed by atoms with Crippen molar-refractivity contribution in [3.8, 4) is 5.75 Å². The van der Waals surface area contributed by atoms with Crippen molar-refractivity contribution in [1.29, 1.82) is 0 Å². The van der Waals surface area contributed by atoms with Crippen molar-refractivity contribution in [3.05, 3.63) is 50.7 Å². The van der Waals surface area contributed by atoms with Gasteiger partial charge in [-0.05, 0) is 66.5 Å². The van der Waals surface area contributed by atoms with Crippen LogP contribution in [0.15, 0.2) is 29.6 Å². The predicted octanol–water partition coefficient (Wildman–Crippen LogP) is 5.68. The van der Waals surface area contributed by atoms with E-state index in [4.69, 9.17) is 16.3 Å². The van der Waals surface area contributed by atoms with E-state index in [9.17, 15) is 9.59 Å². The molecule has 1 aliphatic heterocycles. The van der Waals surface area contributed by atoms with Crippen molar-refractivity contribution in [3.63, 3.8) is 0 Å². The van der Waals surface area contributed by atoms with Crippen LogP contribution in [0, 0.1) is 12.8 Å². The van der Waals surface area contributed by atoms with Gasteiger partial charge in [0.05, 0.1) is 6.04 Å². The predicted molar refractivity (Wildman–Crippen MR) is 139 cm³/mol. The molecule has 0 aliphatic carbocycles. The van der Waals surface area contributed by atoms with Gasteiger partial charge in [-0.1, -0.05) is 38.8 Å². The summed E-state index contributed by atoms with van der Waals surface area (Å²) in [5, 5.41) is 5.71. The van der Waals surface area contributed by atoms with Crippen molar-refractivity contribution in [1.82, 2.24) is 15.1 Å². The normalized spacial score (nSPS) is 16.0. The maximum atomic E-state index is 13.5. The Labute approximate surface area is 212 Å². The second-order valence-corrected chi connectivity index (χ2v) is 10.4. The number of aryl methyl sites for hydroxylation is 1. The monoisotopic (exact) mass is 505 g/mol. The third-order valence-electron chi connectivity index (χ3n) is 6.32. The maximum Gasteiger partial charge on any atom is 0.317 e. The molecule has 1 aliphatic rings. The summed E-state index contributed by atoms with van der Waals surface area (Å²) < 4.78 is 6.13. The molecule has 0 bridgehead atoms. The highest BCUT2D eigenvalue weighted by atomic mass is 35.5. The minimum absolute atomic E-state index is 0.0484. The lowest BCUT2D eigenvalue weighted by Crippen LogP contribution is -2.50. The van der Waals surface area contributed by atoms with Gasteiger partial charge in [0.25, 0.3) is 0 Å². The Morgan fingerprint density at radius 3 is 2.82 bits per heavy atom. The average molecular weight is 506 g/mol. The van der Waals surface area contributed by atoms with Gasteiger partial charge >= 0.3 is 6.03 Å². The quantitative estimate of drug-likeness (QED) is 0.451. The molecule has 3 amide bonds. The number of fused-ring (bicyclic) bond motifs is 1. The van der Waals surface area contributed by atoms with Crippen molar-refractivity contribution in [2.45, 2.75) is 53.0 Å². The van der Waals surface area contributed by atoms with Gasteiger partial charge in [-0.25, -0.2) is 4.79 Å². The van der Waals surface area contributed by atoms with Gasteiger partial charge in [-0.2, -0.15) is 0 Å². The van der Waals surface area contributed by atoms with Gasteiger partial charge in [0.1, 0.15) is 18.9 Å². The number of nitrogens with one attached hydrogen (secondary N) is 1. The standard InChI is InChI=1S/C26H36ClN3O3S/c1-5-11-28-26(32)29(15-18(3)6-2)16-25(31)30-12-9-24-21(10-13-34-24)23(30)17-33-20-7-8-22(27)19(4)14-20/h7-8,10,13-14,18,23H,5-6,9,11-12,15-17H2,1-4H3,(H,28,32)/t18-,23+/m0/s1. The Bertz CT molecular complexity index is 980. The van der Waals surface area contributed by atoms with Crippen molar-refractivity contribution >= 4 is 34.9 Å². The molecule has 3 rings (SSSR count). The van der Waals surface area contributed by atoms with Gasteiger partial charge in [0.15, 0.2) is 0 Å². The molecule has 0 radical (unpaired) electrons. The summed E-state index contributed by atoms with van der Waals surface area (Å²) in [5.41, 5.74) is 2.09. The average Bonchev–Trinajstić information content (AvgIpc) is 3.31. The molecule has 1 N–H and O–H groups in total. The van der Waals surface area contributed by atoms with Crippen LogP contribution in [0.4, 0.5) is 4.79 Å². The SMILES string of the molecule is CCCNC(=O)N(CC(=O)N1CCc2sccc2[C@H]1COc1ccc(Cl)c(C)c1)C[C@@H](C)CC. The van der Waals surface area contributed by atoms with Crippen LogP contribution in [0.1, 0.15) is 55.7 Å². The van der Waals surface area contributed by atoms with Gasteiger partial charge in [-0.3, -0.25) is 4.79 Å². The lowest BCUT2D eigenvalue weighted by atomic mass is 10.00. The highest BCUT2D eigenvalue weighted by Gasteiger charge is 2.33. The molecule has 34 heavy (non-hydrogen) atoms. The summed E-state index contributed by atoms with van der Waals surface area (Å²) in [6.45, 7) is 10.4. The maximum absolute atomic E-state index is 13.5. The molecular weight excluding hydrogens is 470 g/mol. The number of hydrogen-bond donors (Lipinski definition) is 1. The molecule has 0 saturated heterocycles. The first-order valence-corrected chi connectivity index (χ1v) is 13.4. The van der Waals surface area contributed by atoms with Crippen molar-refractivity contribution in [2.24, 2.45) is 5.92 Å². The molecule has 2 aromatic rings. The molecule has 186 valence electrons. The number of hydrogen-bond acceptors (Lipinski definition) is 4. The van der Waals surface area contributed by atoms with E-state index in [1.165, 1.54) is 4.88 Å². The first-order chi connectivity index (χ1) is 16.3. The molecule has 0 spiro atoms. The third kappa shape index (κ3) is 6.66. The summed E-state index contributed by atoms with van der Waals surface area (Å²) in [6.07, 6.45) is 2.63. The molecule has 0 unspecified atom stereocenters. The third-order valence-corrected chi connectivity index (χ3v) is 7.74. The molecule has 2 atom stereocenters. The number of rotatable bonds is 10. The number of ether oxygens (including phenoxy) is 1. The second kappa shape index (κ2) is 12.5. The zero-order valence-corrected chi connectivity index (χ0v) is 22.2. The zero-order valence-electron chi connectivity index (χ0n) is 20.6. The van der Waals surface area contributed by atoms with Gasteiger partial charge in [0.2, 0.25) is 5.91 Å². The number of carbonyl (C=O) groups excluding carboxylic acids is 2. The highest BCUT2D eigenvalue weighted by Crippen LogP contribution is 2.34. The number of thiophene rings is 1. The number of carbonyl (C=O) groups is 2. The highest BCUT2D eigenvalue weighted by molar-refractivity contribution is 7.10. The van der Waals surface area contributed by atoms with E-state index in [0.717, 1.165) is 36.1 Å². The number of urea groups is 1. The first kappa shape index (κ1) is 26.4. The van der Waals surface area contributed by atoms with E-state index < -0.39 is 0 Å². The van der Waals surface area contributed by atoms with Crippen molar-refractivity contribution < 1.29 is 14.3 Å². The van der Waals surface area contributed by atoms with Crippen LogP contribution in [0.3, 0.4) is 0 Å². The Morgan fingerprint density at radius 2 is 2.12 bits per heavy atom. The molecule has 0 fully saturated rings. The lowest BCUT2D eigenvalue weighted by molar-refractivity contribution is -0.135. The number of benzene rings is 1. The van der Waals surface area contributed by atoms with Crippen LogP contribution in [-0.4, -0.2) is 54.5 Å². The first-order valence-electron chi connectivity index (χ1n) is 12.1. The van der Waals surface area contributed by atoms with Crippen LogP contribution in [-0.2, 0) is 11.2 Å². The number of halogens is 1. The number of nitrogens with zero attached hydrogens (tertiary/aromatic N) is 2. The molecule has 1 aromatic heterocycles. The topological polar surface area (TPSA) is 61.9 Å². The van der Waals surface area contributed by atoms with Gasteiger partial charge < -0.3 is 19.9 Å². The van der Waals surface area contributed by atoms with Crippen LogP contribution >= 0.6 is 22.9 Å². The summed E-state index contributed by atoms with van der Waals surface area (Å²) >= 11 is 7.88. The fourth-order valence-corrected chi connectivity index (χ4v) is 5.12. The summed E-state index contributed by atoms with van der Waals surface area (Å²) in [6, 6.07) is 7.32. The molecule has 0 saturated carbocycles. The minimum atomic E-state index is -0.192. The zero-order chi connectivity index (χ0) is 24.7. The molecular formula is C26H36ClN3O3S. The van der Waals surface area contributed by atoms with Crippen LogP contribution < -0.4 is 10.1 Å². The summed E-state index contributed by atoms with van der Waals surface area (Å²) in [4.78, 5) is 31.2. The summed E-state index contributed by atoms with van der Waals surface area (Å²) in [5.74, 6) is 0.999. The van der Waals surface area contributed by atoms with E-state index in [-0.39, 0.29) is 24.5 Å². The lowest BCUT2D eigenvalue weighted by Gasteiger charge is -2.37. The fourth-order valence-electron chi connectivity index (χ4n) is 4.08. The van der Waals surface area contributed by atoms with Gasteiger partial charge in [-0.15, -0.1) is 11.3 Å². The van der Waals surface area contributed by atoms with E-state index in [0.29, 0.717) is 37.2 Å². The van der Waals surface area contributed by atoms with E-state index in [1.807, 2.05) is 36.9 Å². The van der Waals surface area contributed by atoms with Crippen LogP contribution in [0.25, 0.3) is 0 Å². The smallest absolute Gasteiger partial charge is 0.317 e. The van der Waals surface area contributed by atoms with Gasteiger partial charge in [0, 0.05) is 29.5 Å².